The number of fused-ring (bicyclic) bond motifs is 1. The summed E-state index contributed by atoms with van der Waals surface area (Å²) in [4.78, 5) is 33.5. The Labute approximate surface area is 168 Å². The minimum Gasteiger partial charge on any atom is -0.512 e. The molecule has 7 nitrogen and oxygen atoms in total. The summed E-state index contributed by atoms with van der Waals surface area (Å²) < 4.78 is 10.1. The van der Waals surface area contributed by atoms with Crippen LogP contribution in [0.25, 0.3) is 0 Å². The van der Waals surface area contributed by atoms with Crippen molar-refractivity contribution in [1.82, 2.24) is 0 Å². The number of aliphatic hydroxyl groups is 1. The molecule has 0 aromatic heterocycles. The Bertz CT molecular complexity index is 1050. The quantitative estimate of drug-likeness (QED) is 0.477. The van der Waals surface area contributed by atoms with Crippen molar-refractivity contribution < 1.29 is 24.2 Å². The molecule has 0 unspecified atom stereocenters. The largest absolute Gasteiger partial charge is 0.512 e. The fourth-order valence-electron chi connectivity index (χ4n) is 2.90. The van der Waals surface area contributed by atoms with Crippen molar-refractivity contribution in [2.24, 2.45) is 9.98 Å². The highest BCUT2D eigenvalue weighted by Crippen LogP contribution is 2.26. The number of allylic oxidation sites excluding steroid dienone is 1. The van der Waals surface area contributed by atoms with Crippen LogP contribution in [0.1, 0.15) is 35.3 Å². The summed E-state index contributed by atoms with van der Waals surface area (Å²) in [5.41, 5.74) is 1.72. The summed E-state index contributed by atoms with van der Waals surface area (Å²) in [5.74, 6) is -0.601. The summed E-state index contributed by atoms with van der Waals surface area (Å²) in [6, 6.07) is 13.6. The van der Waals surface area contributed by atoms with Gasteiger partial charge in [-0.15, -0.1) is 0 Å². The van der Waals surface area contributed by atoms with Gasteiger partial charge in [0.1, 0.15) is 17.1 Å². The van der Waals surface area contributed by atoms with Crippen LogP contribution in [0.3, 0.4) is 0 Å². The molecule has 2 aromatic rings. The van der Waals surface area contributed by atoms with Gasteiger partial charge in [-0.05, 0) is 38.1 Å². The van der Waals surface area contributed by atoms with E-state index in [4.69, 9.17) is 9.47 Å². The second kappa shape index (κ2) is 8.52. The number of esters is 1. The number of amides is 1. The molecule has 1 N–H and O–H groups in total. The van der Waals surface area contributed by atoms with Gasteiger partial charge in [-0.1, -0.05) is 24.3 Å². The van der Waals surface area contributed by atoms with Gasteiger partial charge in [-0.25, -0.2) is 9.79 Å². The first-order valence-electron chi connectivity index (χ1n) is 8.99. The van der Waals surface area contributed by atoms with Gasteiger partial charge in [-0.2, -0.15) is 4.99 Å². The predicted octanol–water partition coefficient (Wildman–Crippen LogP) is 3.48. The zero-order chi connectivity index (χ0) is 21.0. The summed E-state index contributed by atoms with van der Waals surface area (Å²) in [6.45, 7) is 3.21. The van der Waals surface area contributed by atoms with E-state index in [0.29, 0.717) is 22.4 Å². The first-order valence-corrected chi connectivity index (χ1v) is 8.99. The summed E-state index contributed by atoms with van der Waals surface area (Å²) in [5, 5.41) is 10.1. The fourth-order valence-corrected chi connectivity index (χ4v) is 2.90. The van der Waals surface area contributed by atoms with Crippen molar-refractivity contribution in [1.29, 1.82) is 0 Å². The molecule has 2 aromatic carbocycles. The van der Waals surface area contributed by atoms with Gasteiger partial charge >= 0.3 is 5.97 Å². The number of hydrogen-bond acceptors (Lipinski definition) is 5. The lowest BCUT2D eigenvalue weighted by atomic mass is 9.99. The van der Waals surface area contributed by atoms with Gasteiger partial charge in [-0.3, -0.25) is 4.79 Å². The highest BCUT2D eigenvalue weighted by molar-refractivity contribution is 6.36. The van der Waals surface area contributed by atoms with E-state index in [9.17, 15) is 14.7 Å². The molecule has 0 aliphatic carbocycles. The molecular formula is C22H20N2O5. The Kier molecular flexibility index (Phi) is 5.87. The fraction of sp³-hybridized carbons (Fsp3) is 0.182. The van der Waals surface area contributed by atoms with Crippen molar-refractivity contribution in [2.75, 3.05) is 13.7 Å². The Hall–Kier alpha value is -3.74. The Morgan fingerprint density at radius 2 is 1.72 bits per heavy atom. The molecule has 3 rings (SSSR count). The van der Waals surface area contributed by atoms with Crippen LogP contribution < -0.4 is 4.74 Å². The van der Waals surface area contributed by atoms with Crippen molar-refractivity contribution in [2.45, 2.75) is 13.8 Å². The number of carbonyl (C=O) groups is 2. The van der Waals surface area contributed by atoms with Gasteiger partial charge in [0.2, 0.25) is 0 Å². The van der Waals surface area contributed by atoms with Crippen molar-refractivity contribution in [3.05, 3.63) is 76.6 Å². The third kappa shape index (κ3) is 4.08. The number of benzene rings is 2. The first kappa shape index (κ1) is 20.0. The van der Waals surface area contributed by atoms with E-state index in [0.717, 1.165) is 0 Å². The van der Waals surface area contributed by atoms with Gasteiger partial charge in [0.25, 0.3) is 5.91 Å². The highest BCUT2D eigenvalue weighted by atomic mass is 16.5. The molecule has 0 fully saturated rings. The van der Waals surface area contributed by atoms with Crippen LogP contribution >= 0.6 is 0 Å². The lowest BCUT2D eigenvalue weighted by molar-refractivity contribution is -0.138. The van der Waals surface area contributed by atoms with E-state index in [1.54, 1.807) is 62.6 Å². The molecule has 0 bridgehead atoms. The van der Waals surface area contributed by atoms with Gasteiger partial charge in [0.05, 0.1) is 19.4 Å². The molecule has 1 aliphatic heterocycles. The van der Waals surface area contributed by atoms with E-state index in [1.165, 1.54) is 6.92 Å². The normalized spacial score (nSPS) is 14.7. The van der Waals surface area contributed by atoms with E-state index in [-0.39, 0.29) is 29.5 Å². The smallest absolute Gasteiger partial charge is 0.343 e. The van der Waals surface area contributed by atoms with Crippen molar-refractivity contribution in [3.8, 4) is 5.75 Å². The standard InChI is InChI=1S/C22H20N2O5/c1-4-29-22(27)18(13(2)25)19-16-7-5-6-8-17(16)20(23-19)24-21(26)14-9-11-15(28-3)12-10-14/h5-12,25H,4H2,1-3H3. The SMILES string of the molecule is CCOC(=O)C(C1=NC(=NC(=O)c2ccc(OC)cc2)c2ccccc21)=C(C)O. The van der Waals surface area contributed by atoms with Crippen LogP contribution in [-0.2, 0) is 9.53 Å². The van der Waals surface area contributed by atoms with E-state index >= 15 is 0 Å². The van der Waals surface area contributed by atoms with Crippen LogP contribution in [0.15, 0.2) is 69.8 Å². The number of carbonyl (C=O) groups excluding carboxylic acids is 2. The Morgan fingerprint density at radius 1 is 1.07 bits per heavy atom. The maximum atomic E-state index is 12.6. The minimum absolute atomic E-state index is 0.0543. The molecule has 1 heterocycles. The average Bonchev–Trinajstić information content (AvgIpc) is 3.06. The van der Waals surface area contributed by atoms with Crippen LogP contribution in [0, 0.1) is 0 Å². The maximum Gasteiger partial charge on any atom is 0.343 e. The zero-order valence-corrected chi connectivity index (χ0v) is 16.3. The summed E-state index contributed by atoms with van der Waals surface area (Å²) in [6.07, 6.45) is 0. The highest BCUT2D eigenvalue weighted by Gasteiger charge is 2.30. The van der Waals surface area contributed by atoms with Crippen molar-refractivity contribution in [3.63, 3.8) is 0 Å². The summed E-state index contributed by atoms with van der Waals surface area (Å²) in [7, 11) is 1.54. The van der Waals surface area contributed by atoms with Crippen molar-refractivity contribution >= 4 is 23.4 Å². The van der Waals surface area contributed by atoms with E-state index in [1.807, 2.05) is 0 Å². The molecule has 0 atom stereocenters. The lowest BCUT2D eigenvalue weighted by Gasteiger charge is -2.08. The molecule has 0 saturated carbocycles. The van der Waals surface area contributed by atoms with E-state index in [2.05, 4.69) is 9.98 Å². The Morgan fingerprint density at radius 3 is 2.31 bits per heavy atom. The van der Waals surface area contributed by atoms with Gasteiger partial charge < -0.3 is 14.6 Å². The lowest BCUT2D eigenvalue weighted by Crippen LogP contribution is -2.18. The number of methoxy groups -OCH3 is 1. The zero-order valence-electron chi connectivity index (χ0n) is 16.3. The van der Waals surface area contributed by atoms with Gasteiger partial charge in [0.15, 0.2) is 5.84 Å². The Balaban J connectivity index is 2.05. The molecule has 148 valence electrons. The predicted molar refractivity (Wildman–Crippen MR) is 109 cm³/mol. The van der Waals surface area contributed by atoms with Crippen LogP contribution in [0.4, 0.5) is 0 Å². The first-order chi connectivity index (χ1) is 14.0. The number of nitrogens with zero attached hydrogens (tertiary/aromatic N) is 2. The second-order valence-electron chi connectivity index (χ2n) is 6.16. The third-order valence-corrected chi connectivity index (χ3v) is 4.26. The van der Waals surface area contributed by atoms with Crippen LogP contribution in [0.2, 0.25) is 0 Å². The summed E-state index contributed by atoms with van der Waals surface area (Å²) >= 11 is 0. The number of ether oxygens (including phenoxy) is 2. The van der Waals surface area contributed by atoms with E-state index < -0.39 is 11.9 Å². The molecule has 0 radical (unpaired) electrons. The number of hydrogen-bond donors (Lipinski definition) is 1. The average molecular weight is 392 g/mol. The van der Waals surface area contributed by atoms with Crippen LogP contribution in [-0.4, -0.2) is 42.2 Å². The topological polar surface area (TPSA) is 97.6 Å². The number of aliphatic hydroxyl groups excluding tert-OH is 1. The molecular weight excluding hydrogens is 372 g/mol. The van der Waals surface area contributed by atoms with Crippen LogP contribution in [0.5, 0.6) is 5.75 Å². The van der Waals surface area contributed by atoms with Gasteiger partial charge in [0, 0.05) is 16.7 Å². The molecule has 1 aliphatic rings. The monoisotopic (exact) mass is 392 g/mol. The third-order valence-electron chi connectivity index (χ3n) is 4.26. The number of rotatable bonds is 5. The maximum absolute atomic E-state index is 12.6. The second-order valence-corrected chi connectivity index (χ2v) is 6.16. The number of aliphatic imine (C=N–C) groups is 2. The minimum atomic E-state index is -0.691. The molecule has 1 amide bonds. The number of amidine groups is 1. The molecule has 29 heavy (non-hydrogen) atoms. The molecule has 7 heteroatoms. The molecule has 0 spiro atoms. The molecule has 0 saturated heterocycles.